The summed E-state index contributed by atoms with van der Waals surface area (Å²) in [5, 5.41) is 2.53. The van der Waals surface area contributed by atoms with E-state index < -0.39 is 20.5 Å². The van der Waals surface area contributed by atoms with Gasteiger partial charge in [-0.05, 0) is 30.5 Å². The Kier molecular flexibility index (Phi) is 7.43. The maximum absolute atomic E-state index is 12.3. The molecule has 124 valence electrons. The molecule has 0 saturated carbocycles. The normalized spacial score (nSPS) is 13.8. The lowest BCUT2D eigenvalue weighted by molar-refractivity contribution is -0.137. The van der Waals surface area contributed by atoms with Crippen LogP contribution in [0.2, 0.25) is 18.1 Å². The number of nitrogens with one attached hydrogen (secondary N) is 1. The van der Waals surface area contributed by atoms with E-state index in [0.29, 0.717) is 13.0 Å². The molecule has 1 amide bonds. The average Bonchev–Trinajstić information content (AvgIpc) is 2.31. The van der Waals surface area contributed by atoms with Crippen molar-refractivity contribution in [3.63, 3.8) is 0 Å². The number of carbonyl (C=O) groups excluding carboxylic acids is 2. The van der Waals surface area contributed by atoms with Gasteiger partial charge in [0.05, 0.1) is 6.61 Å². The van der Waals surface area contributed by atoms with E-state index >= 15 is 0 Å². The van der Waals surface area contributed by atoms with Crippen molar-refractivity contribution in [2.75, 3.05) is 6.61 Å². The number of carbonyl (C=O) groups is 2. The topological polar surface area (TPSA) is 64.6 Å². The molecular formula is C15H31NO4Si. The molecule has 0 rings (SSSR count). The summed E-state index contributed by atoms with van der Waals surface area (Å²) in [4.78, 5) is 23.9. The molecule has 0 aromatic heterocycles. The Morgan fingerprint density at radius 3 is 2.10 bits per heavy atom. The molecule has 0 aliphatic rings. The quantitative estimate of drug-likeness (QED) is 0.759. The van der Waals surface area contributed by atoms with Crippen LogP contribution < -0.4 is 5.32 Å². The predicted octanol–water partition coefficient (Wildman–Crippen LogP) is 3.70. The monoisotopic (exact) mass is 317 g/mol. The van der Waals surface area contributed by atoms with Crippen molar-refractivity contribution in [2.45, 2.75) is 72.1 Å². The van der Waals surface area contributed by atoms with Gasteiger partial charge in [0.25, 0.3) is 8.32 Å². The van der Waals surface area contributed by atoms with E-state index in [1.165, 1.54) is 0 Å². The van der Waals surface area contributed by atoms with Gasteiger partial charge in [-0.25, -0.2) is 4.79 Å². The molecule has 1 N–H and O–H groups in total. The van der Waals surface area contributed by atoms with Crippen molar-refractivity contribution in [3.8, 4) is 0 Å². The van der Waals surface area contributed by atoms with Gasteiger partial charge in [-0.15, -0.1) is 0 Å². The SMILES string of the molecule is CCC(NC(=O)OCC(C)C)C(=O)O[Si](C)(C)C(C)(C)C. The van der Waals surface area contributed by atoms with Gasteiger partial charge in [-0.3, -0.25) is 4.79 Å². The van der Waals surface area contributed by atoms with Gasteiger partial charge in [0.15, 0.2) is 0 Å². The fraction of sp³-hybridized carbons (Fsp3) is 0.867. The lowest BCUT2D eigenvalue weighted by Crippen LogP contribution is -2.49. The highest BCUT2D eigenvalue weighted by Gasteiger charge is 2.41. The largest absolute Gasteiger partial charge is 0.518 e. The van der Waals surface area contributed by atoms with E-state index in [4.69, 9.17) is 9.16 Å². The van der Waals surface area contributed by atoms with Crippen LogP contribution in [0.25, 0.3) is 0 Å². The Balaban J connectivity index is 4.60. The third-order valence-corrected chi connectivity index (χ3v) is 8.02. The fourth-order valence-corrected chi connectivity index (χ4v) is 2.18. The molecule has 0 spiro atoms. The maximum atomic E-state index is 12.3. The molecule has 1 atom stereocenters. The minimum Gasteiger partial charge on any atom is -0.518 e. The Morgan fingerprint density at radius 2 is 1.71 bits per heavy atom. The van der Waals surface area contributed by atoms with Gasteiger partial charge in [-0.2, -0.15) is 0 Å². The molecular weight excluding hydrogens is 286 g/mol. The van der Waals surface area contributed by atoms with Gasteiger partial charge in [-0.1, -0.05) is 41.5 Å². The Labute approximate surface area is 129 Å². The second kappa shape index (κ2) is 7.82. The lowest BCUT2D eigenvalue weighted by atomic mass is 10.2. The summed E-state index contributed by atoms with van der Waals surface area (Å²) in [6, 6.07) is -0.654. The standard InChI is InChI=1S/C15H31NO4Si/c1-9-12(16-14(18)19-10-11(2)3)13(17)20-21(7,8)15(4,5)6/h11-12H,9-10H2,1-8H3,(H,16,18). The number of rotatable bonds is 6. The van der Waals surface area contributed by atoms with E-state index in [-0.39, 0.29) is 16.9 Å². The molecule has 0 bridgehead atoms. The smallest absolute Gasteiger partial charge is 0.407 e. The zero-order chi connectivity index (χ0) is 16.8. The Morgan fingerprint density at radius 1 is 1.19 bits per heavy atom. The van der Waals surface area contributed by atoms with Crippen LogP contribution in [0.5, 0.6) is 0 Å². The molecule has 0 saturated heterocycles. The van der Waals surface area contributed by atoms with Crippen molar-refractivity contribution in [2.24, 2.45) is 5.92 Å². The van der Waals surface area contributed by atoms with Gasteiger partial charge in [0.2, 0.25) is 0 Å². The molecule has 0 fully saturated rings. The first-order valence-corrected chi connectivity index (χ1v) is 10.5. The molecule has 0 aliphatic heterocycles. The maximum Gasteiger partial charge on any atom is 0.407 e. The minimum absolute atomic E-state index is 0.0564. The molecule has 0 aromatic rings. The molecule has 21 heavy (non-hydrogen) atoms. The van der Waals surface area contributed by atoms with Crippen LogP contribution in [0.3, 0.4) is 0 Å². The number of hydrogen-bond donors (Lipinski definition) is 1. The molecule has 0 heterocycles. The first-order valence-electron chi connectivity index (χ1n) is 7.56. The van der Waals surface area contributed by atoms with E-state index in [2.05, 4.69) is 26.1 Å². The third-order valence-electron chi connectivity index (χ3n) is 3.69. The molecule has 0 aliphatic carbocycles. The van der Waals surface area contributed by atoms with E-state index in [1.807, 2.05) is 33.9 Å². The van der Waals surface area contributed by atoms with Gasteiger partial charge >= 0.3 is 12.1 Å². The first kappa shape index (κ1) is 20.0. The van der Waals surface area contributed by atoms with E-state index in [0.717, 1.165) is 0 Å². The van der Waals surface area contributed by atoms with E-state index in [1.54, 1.807) is 0 Å². The van der Waals surface area contributed by atoms with Crippen LogP contribution in [0.4, 0.5) is 4.79 Å². The second-order valence-electron chi connectivity index (χ2n) is 7.28. The van der Waals surface area contributed by atoms with Crippen LogP contribution in [0, 0.1) is 5.92 Å². The zero-order valence-corrected chi connectivity index (χ0v) is 15.7. The lowest BCUT2D eigenvalue weighted by Gasteiger charge is -2.36. The Bertz CT molecular complexity index is 361. The van der Waals surface area contributed by atoms with Crippen LogP contribution in [-0.4, -0.2) is 33.0 Å². The van der Waals surface area contributed by atoms with Crippen molar-refractivity contribution in [1.82, 2.24) is 5.32 Å². The van der Waals surface area contributed by atoms with Crippen molar-refractivity contribution in [1.29, 1.82) is 0 Å². The summed E-state index contributed by atoms with van der Waals surface area (Å²) >= 11 is 0. The van der Waals surface area contributed by atoms with Crippen LogP contribution >= 0.6 is 0 Å². The van der Waals surface area contributed by atoms with Crippen molar-refractivity contribution >= 4 is 20.4 Å². The Hall–Kier alpha value is -1.04. The number of hydrogen-bond acceptors (Lipinski definition) is 4. The minimum atomic E-state index is -2.18. The number of alkyl carbamates (subject to hydrolysis) is 1. The summed E-state index contributed by atoms with van der Waals surface area (Å²) in [6.45, 7) is 16.3. The van der Waals surface area contributed by atoms with Gasteiger partial charge < -0.3 is 14.5 Å². The molecule has 0 aromatic carbocycles. The highest BCUT2D eigenvalue weighted by molar-refractivity contribution is 6.75. The van der Waals surface area contributed by atoms with Crippen molar-refractivity contribution < 1.29 is 18.8 Å². The summed E-state index contributed by atoms with van der Waals surface area (Å²) in [5.41, 5.74) is 0. The molecule has 1 unspecified atom stereocenters. The second-order valence-corrected chi connectivity index (χ2v) is 12.0. The zero-order valence-electron chi connectivity index (χ0n) is 14.7. The summed E-state index contributed by atoms with van der Waals surface area (Å²) in [6.07, 6.45) is -0.0905. The van der Waals surface area contributed by atoms with Crippen LogP contribution in [-0.2, 0) is 14.0 Å². The fourth-order valence-electron chi connectivity index (χ4n) is 1.23. The van der Waals surface area contributed by atoms with Gasteiger partial charge in [0.1, 0.15) is 6.04 Å². The number of ether oxygens (including phenoxy) is 1. The molecule has 0 radical (unpaired) electrons. The highest BCUT2D eigenvalue weighted by Crippen LogP contribution is 2.36. The van der Waals surface area contributed by atoms with Gasteiger partial charge in [0, 0.05) is 0 Å². The van der Waals surface area contributed by atoms with Crippen molar-refractivity contribution in [3.05, 3.63) is 0 Å². The first-order chi connectivity index (χ1) is 9.40. The summed E-state index contributed by atoms with van der Waals surface area (Å²) < 4.78 is 10.7. The van der Waals surface area contributed by atoms with Crippen LogP contribution in [0.15, 0.2) is 0 Å². The summed E-state index contributed by atoms with van der Waals surface area (Å²) in [5.74, 6) is -0.111. The third kappa shape index (κ3) is 6.97. The van der Waals surface area contributed by atoms with Crippen LogP contribution in [0.1, 0.15) is 48.0 Å². The predicted molar refractivity (Wildman–Crippen MR) is 86.7 cm³/mol. The van der Waals surface area contributed by atoms with E-state index in [9.17, 15) is 9.59 Å². The molecule has 6 heteroatoms. The number of amides is 1. The average molecular weight is 318 g/mol. The molecule has 5 nitrogen and oxygen atoms in total. The summed E-state index contributed by atoms with van der Waals surface area (Å²) in [7, 11) is -2.18. The highest BCUT2D eigenvalue weighted by atomic mass is 28.4.